The minimum absolute atomic E-state index is 0.639. The Morgan fingerprint density at radius 2 is 2.57 bits per heavy atom. The van der Waals surface area contributed by atoms with E-state index < -0.39 is 0 Å². The fraction of sp³-hybridized carbons (Fsp3) is 0.667. The number of hydrogen-bond acceptors (Lipinski definition) is 1. The summed E-state index contributed by atoms with van der Waals surface area (Å²) in [5.41, 5.74) is 0. The number of nitrogens with one attached hydrogen (secondary N) is 1. The molecule has 1 N–H and O–H groups in total. The van der Waals surface area contributed by atoms with Crippen LogP contribution in [0.4, 0.5) is 0 Å². The molecule has 1 aliphatic rings. The summed E-state index contributed by atoms with van der Waals surface area (Å²) in [7, 11) is 0. The standard InChI is InChI=1S/C6H10N/c1-2-6-3-4-7-5-6/h1-2,6-7H,3-5H2/t6-/m1/s1. The summed E-state index contributed by atoms with van der Waals surface area (Å²) in [5.74, 6) is 0.639. The highest BCUT2D eigenvalue weighted by Crippen LogP contribution is 2.06. The Kier molecular flexibility index (Phi) is 1.47. The Hall–Kier alpha value is -0.300. The maximum atomic E-state index is 5.27. The van der Waals surface area contributed by atoms with Crippen molar-refractivity contribution in [1.29, 1.82) is 0 Å². The van der Waals surface area contributed by atoms with Crippen LogP contribution in [0, 0.1) is 12.5 Å². The van der Waals surface area contributed by atoms with Crippen LogP contribution in [0.5, 0.6) is 0 Å². The topological polar surface area (TPSA) is 12.0 Å². The molecule has 0 aliphatic carbocycles. The normalized spacial score (nSPS) is 30.6. The average Bonchev–Trinajstić information content (AvgIpc) is 2.14. The van der Waals surface area contributed by atoms with Crippen LogP contribution in [0.2, 0.25) is 0 Å². The SMILES string of the molecule is [CH]=C[C@@H]1CCNC1. The summed E-state index contributed by atoms with van der Waals surface area (Å²) >= 11 is 0. The van der Waals surface area contributed by atoms with Gasteiger partial charge in [0.1, 0.15) is 0 Å². The summed E-state index contributed by atoms with van der Waals surface area (Å²) in [6.07, 6.45) is 3.00. The highest BCUT2D eigenvalue weighted by molar-refractivity contribution is 4.83. The lowest BCUT2D eigenvalue weighted by atomic mass is 10.1. The molecule has 0 aromatic rings. The minimum atomic E-state index is 0.639. The summed E-state index contributed by atoms with van der Waals surface area (Å²) in [5, 5.41) is 3.21. The molecule has 7 heavy (non-hydrogen) atoms. The highest BCUT2D eigenvalue weighted by Gasteiger charge is 2.08. The smallest absolute Gasteiger partial charge is 0.00148 e. The number of rotatable bonds is 1. The van der Waals surface area contributed by atoms with Crippen LogP contribution >= 0.6 is 0 Å². The van der Waals surface area contributed by atoms with Gasteiger partial charge in [-0.05, 0) is 18.9 Å². The first-order valence-electron chi connectivity index (χ1n) is 2.69. The number of hydrogen-bond donors (Lipinski definition) is 1. The van der Waals surface area contributed by atoms with E-state index in [2.05, 4.69) is 5.32 Å². The molecule has 1 aliphatic heterocycles. The molecule has 0 aromatic carbocycles. The third-order valence-electron chi connectivity index (χ3n) is 1.37. The first kappa shape index (κ1) is 4.85. The van der Waals surface area contributed by atoms with Crippen LogP contribution in [0.3, 0.4) is 0 Å². The van der Waals surface area contributed by atoms with Crippen molar-refractivity contribution in [2.24, 2.45) is 5.92 Å². The van der Waals surface area contributed by atoms with E-state index in [-0.39, 0.29) is 0 Å². The molecule has 1 nitrogen and oxygen atoms in total. The zero-order valence-corrected chi connectivity index (χ0v) is 4.35. The second kappa shape index (κ2) is 2.12. The van der Waals surface area contributed by atoms with Crippen molar-refractivity contribution in [3.8, 4) is 0 Å². The van der Waals surface area contributed by atoms with Gasteiger partial charge in [-0.3, -0.25) is 0 Å². The van der Waals surface area contributed by atoms with Gasteiger partial charge in [0.05, 0.1) is 0 Å². The maximum Gasteiger partial charge on any atom is 0.00148 e. The first-order valence-corrected chi connectivity index (χ1v) is 2.69. The second-order valence-electron chi connectivity index (χ2n) is 1.95. The lowest BCUT2D eigenvalue weighted by Gasteiger charge is -1.93. The van der Waals surface area contributed by atoms with Gasteiger partial charge in [-0.1, -0.05) is 12.7 Å². The molecule has 0 saturated carbocycles. The molecule has 1 fully saturated rings. The Bertz CT molecular complexity index is 62.6. The molecule has 1 radical (unpaired) electrons. The molecule has 0 bridgehead atoms. The van der Waals surface area contributed by atoms with Crippen molar-refractivity contribution < 1.29 is 0 Å². The van der Waals surface area contributed by atoms with Gasteiger partial charge in [0.2, 0.25) is 0 Å². The molecule has 1 heteroatoms. The van der Waals surface area contributed by atoms with Crippen molar-refractivity contribution in [2.45, 2.75) is 6.42 Å². The minimum Gasteiger partial charge on any atom is -0.316 e. The van der Waals surface area contributed by atoms with Gasteiger partial charge in [0.25, 0.3) is 0 Å². The molecule has 0 aromatic heterocycles. The molecule has 0 amide bonds. The fourth-order valence-corrected chi connectivity index (χ4v) is 0.841. The molecule has 1 saturated heterocycles. The van der Waals surface area contributed by atoms with Crippen molar-refractivity contribution in [1.82, 2.24) is 5.32 Å². The van der Waals surface area contributed by atoms with E-state index in [9.17, 15) is 0 Å². The van der Waals surface area contributed by atoms with Gasteiger partial charge in [-0.15, -0.1) is 0 Å². The summed E-state index contributed by atoms with van der Waals surface area (Å²) in [4.78, 5) is 0. The third-order valence-corrected chi connectivity index (χ3v) is 1.37. The zero-order valence-electron chi connectivity index (χ0n) is 4.35. The van der Waals surface area contributed by atoms with Gasteiger partial charge in [-0.25, -0.2) is 0 Å². The molecule has 0 spiro atoms. The van der Waals surface area contributed by atoms with Crippen LogP contribution < -0.4 is 5.32 Å². The average molecular weight is 96.2 g/mol. The third kappa shape index (κ3) is 1.03. The van der Waals surface area contributed by atoms with Crippen LogP contribution in [0.1, 0.15) is 6.42 Å². The van der Waals surface area contributed by atoms with E-state index >= 15 is 0 Å². The van der Waals surface area contributed by atoms with Crippen LogP contribution in [-0.2, 0) is 0 Å². The lowest BCUT2D eigenvalue weighted by Crippen LogP contribution is -2.06. The Labute approximate surface area is 44.4 Å². The fourth-order valence-electron chi connectivity index (χ4n) is 0.841. The van der Waals surface area contributed by atoms with Crippen LogP contribution in [0.25, 0.3) is 0 Å². The molecule has 1 atom stereocenters. The van der Waals surface area contributed by atoms with Gasteiger partial charge in [-0.2, -0.15) is 0 Å². The monoisotopic (exact) mass is 96.1 g/mol. The van der Waals surface area contributed by atoms with E-state index in [1.165, 1.54) is 6.42 Å². The van der Waals surface area contributed by atoms with Gasteiger partial charge >= 0.3 is 0 Å². The van der Waals surface area contributed by atoms with Gasteiger partial charge < -0.3 is 5.32 Å². The van der Waals surface area contributed by atoms with E-state index in [0.717, 1.165) is 13.1 Å². The molecule has 1 heterocycles. The predicted octanol–water partition coefficient (Wildman–Crippen LogP) is 0.585. The molecule has 39 valence electrons. The van der Waals surface area contributed by atoms with Crippen molar-refractivity contribution in [2.75, 3.05) is 13.1 Å². The van der Waals surface area contributed by atoms with E-state index in [1.54, 1.807) is 6.08 Å². The van der Waals surface area contributed by atoms with Gasteiger partial charge in [0, 0.05) is 6.54 Å². The molecule has 0 unspecified atom stereocenters. The predicted molar refractivity (Wildman–Crippen MR) is 29.8 cm³/mol. The Morgan fingerprint density at radius 3 is 2.86 bits per heavy atom. The highest BCUT2D eigenvalue weighted by atomic mass is 14.9. The molecule has 1 rings (SSSR count). The Morgan fingerprint density at radius 1 is 1.71 bits per heavy atom. The summed E-state index contributed by atoms with van der Waals surface area (Å²) in [6, 6.07) is 0. The lowest BCUT2D eigenvalue weighted by molar-refractivity contribution is 0.729. The van der Waals surface area contributed by atoms with Crippen LogP contribution in [0.15, 0.2) is 6.08 Å². The summed E-state index contributed by atoms with van der Waals surface area (Å²) in [6.45, 7) is 7.49. The van der Waals surface area contributed by atoms with Crippen molar-refractivity contribution in [3.63, 3.8) is 0 Å². The molecular weight excluding hydrogens is 86.1 g/mol. The largest absolute Gasteiger partial charge is 0.316 e. The van der Waals surface area contributed by atoms with E-state index in [1.807, 2.05) is 0 Å². The zero-order chi connectivity index (χ0) is 5.11. The van der Waals surface area contributed by atoms with Gasteiger partial charge in [0.15, 0.2) is 0 Å². The van der Waals surface area contributed by atoms with E-state index in [0.29, 0.717) is 5.92 Å². The maximum absolute atomic E-state index is 5.27. The van der Waals surface area contributed by atoms with Crippen molar-refractivity contribution in [3.05, 3.63) is 12.7 Å². The molecular formula is C6H10N. The van der Waals surface area contributed by atoms with Crippen molar-refractivity contribution >= 4 is 0 Å². The van der Waals surface area contributed by atoms with E-state index in [4.69, 9.17) is 6.58 Å². The first-order chi connectivity index (χ1) is 3.43. The quantitative estimate of drug-likeness (QED) is 0.503. The summed E-state index contributed by atoms with van der Waals surface area (Å²) < 4.78 is 0. The Balaban J connectivity index is 2.26. The second-order valence-corrected chi connectivity index (χ2v) is 1.95. The van der Waals surface area contributed by atoms with Crippen LogP contribution in [-0.4, -0.2) is 13.1 Å².